The van der Waals surface area contributed by atoms with Crippen LogP contribution >= 0.6 is 38.9 Å². The number of Topliss-reactive ketones (excluding diaryl/α,β-unsaturated/α-hetero) is 1. The van der Waals surface area contributed by atoms with Crippen LogP contribution in [0.5, 0.6) is 0 Å². The van der Waals surface area contributed by atoms with Crippen LogP contribution < -0.4 is 4.90 Å². The van der Waals surface area contributed by atoms with Gasteiger partial charge in [0.05, 0.1) is 44.2 Å². The number of anilines is 1. The van der Waals surface area contributed by atoms with Gasteiger partial charge in [0.2, 0.25) is 17.6 Å². The maximum absolute atomic E-state index is 13.3. The molecule has 2 amide bonds. The van der Waals surface area contributed by atoms with Gasteiger partial charge in [-0.15, -0.1) is 11.3 Å². The number of ether oxygens (including phenoxy) is 1. The maximum Gasteiger partial charge on any atom is 0.339 e. The Morgan fingerprint density at radius 1 is 1.07 bits per heavy atom. The topological polar surface area (TPSA) is 93.6 Å². The Hall–Kier alpha value is -3.66. The fraction of sp³-hybridized carbons (Fsp3) is 0.194. The molecule has 2 aliphatic rings. The number of ketones is 1. The van der Waals surface area contributed by atoms with E-state index < -0.39 is 12.6 Å². The summed E-state index contributed by atoms with van der Waals surface area (Å²) < 4.78 is 6.03. The van der Waals surface area contributed by atoms with Crippen molar-refractivity contribution in [2.24, 2.45) is 11.8 Å². The van der Waals surface area contributed by atoms with Crippen LogP contribution in [0.15, 0.2) is 70.5 Å². The van der Waals surface area contributed by atoms with Gasteiger partial charge in [0.25, 0.3) is 0 Å². The predicted octanol–water partition coefficient (Wildman–Crippen LogP) is 7.18. The van der Waals surface area contributed by atoms with Crippen molar-refractivity contribution in [1.29, 1.82) is 0 Å². The molecule has 0 saturated carbocycles. The molecule has 2 unspecified atom stereocenters. The number of fused-ring (bicyclic) bond motifs is 2. The van der Waals surface area contributed by atoms with Gasteiger partial charge >= 0.3 is 5.97 Å². The van der Waals surface area contributed by atoms with Crippen LogP contribution in [0.1, 0.15) is 38.4 Å². The molecule has 10 heteroatoms. The van der Waals surface area contributed by atoms with Crippen molar-refractivity contribution in [2.45, 2.75) is 19.8 Å². The second-order valence-electron chi connectivity index (χ2n) is 9.94. The van der Waals surface area contributed by atoms with Crippen LogP contribution in [-0.4, -0.2) is 35.2 Å². The smallest absolute Gasteiger partial charge is 0.339 e. The monoisotopic (exact) mass is 648 g/mol. The number of amides is 2. The highest BCUT2D eigenvalue weighted by molar-refractivity contribution is 9.10. The summed E-state index contributed by atoms with van der Waals surface area (Å²) in [6.07, 6.45) is 5.05. The van der Waals surface area contributed by atoms with Gasteiger partial charge in [-0.25, -0.2) is 9.78 Å². The molecule has 7 nitrogen and oxygen atoms in total. The Balaban J connectivity index is 1.35. The summed E-state index contributed by atoms with van der Waals surface area (Å²) in [6, 6.07) is 13.7. The summed E-state index contributed by atoms with van der Waals surface area (Å²) in [7, 11) is 0. The number of allylic oxidation sites excluding steroid dienone is 2. The molecule has 1 saturated heterocycles. The highest BCUT2D eigenvalue weighted by Crippen LogP contribution is 2.39. The fourth-order valence-electron chi connectivity index (χ4n) is 5.33. The number of hydrogen-bond donors (Lipinski definition) is 0. The lowest BCUT2D eigenvalue weighted by Crippen LogP contribution is -2.30. The van der Waals surface area contributed by atoms with E-state index in [4.69, 9.17) is 21.3 Å². The predicted molar refractivity (Wildman–Crippen MR) is 161 cm³/mol. The average molecular weight is 650 g/mol. The van der Waals surface area contributed by atoms with E-state index in [1.54, 1.807) is 53.9 Å². The number of aromatic nitrogens is 1. The zero-order chi connectivity index (χ0) is 28.8. The molecular formula is C31H22BrClN2O5S. The first-order chi connectivity index (χ1) is 19.7. The number of carbonyl (C=O) groups is 4. The van der Waals surface area contributed by atoms with Crippen molar-refractivity contribution in [3.8, 4) is 11.3 Å². The molecule has 3 heterocycles. The zero-order valence-electron chi connectivity index (χ0n) is 21.7. The first-order valence-corrected chi connectivity index (χ1v) is 15.0. The SMILES string of the molecule is Cc1c(Cl)c(Br)cc2c(C(=O)OCC(=O)c3cccs3)cc(-c3ccc(N4C(=O)C5CC=CCC5C4=O)cc3)nc12. The van der Waals surface area contributed by atoms with Crippen LogP contribution in [0.2, 0.25) is 5.02 Å². The number of aryl methyl sites for hydroxylation is 1. The number of benzene rings is 2. The van der Waals surface area contributed by atoms with Crippen molar-refractivity contribution >= 4 is 79.0 Å². The Morgan fingerprint density at radius 3 is 2.39 bits per heavy atom. The second kappa shape index (κ2) is 11.0. The lowest BCUT2D eigenvalue weighted by atomic mass is 9.85. The van der Waals surface area contributed by atoms with Crippen LogP contribution in [0.25, 0.3) is 22.2 Å². The Bertz CT molecular complexity index is 1740. The summed E-state index contributed by atoms with van der Waals surface area (Å²) in [5.74, 6) is -1.95. The molecular weight excluding hydrogens is 628 g/mol. The van der Waals surface area contributed by atoms with Gasteiger partial charge in [-0.05, 0) is 77.0 Å². The Labute approximate surface area is 252 Å². The van der Waals surface area contributed by atoms with E-state index in [9.17, 15) is 19.2 Å². The Morgan fingerprint density at radius 2 is 1.76 bits per heavy atom. The number of hydrogen-bond acceptors (Lipinski definition) is 7. The lowest BCUT2D eigenvalue weighted by Gasteiger charge is -2.16. The van der Waals surface area contributed by atoms with Crippen molar-refractivity contribution in [1.82, 2.24) is 4.98 Å². The normalized spacial score (nSPS) is 18.2. The largest absolute Gasteiger partial charge is 0.454 e. The number of carbonyl (C=O) groups excluding carboxylic acids is 4. The molecule has 1 aliphatic heterocycles. The summed E-state index contributed by atoms with van der Waals surface area (Å²) >= 11 is 11.2. The van der Waals surface area contributed by atoms with Crippen molar-refractivity contribution in [3.63, 3.8) is 0 Å². The standard InChI is InChI=1S/C31H22BrClN2O5S/c1-16-27(33)23(32)13-21-22(31(39)40-15-25(36)26-7-4-12-41-26)14-24(34-28(16)21)17-8-10-18(11-9-17)35-29(37)19-5-2-3-6-20(19)30(35)38/h2-4,7-14,19-20H,5-6,15H2,1H3. The van der Waals surface area contributed by atoms with Crippen LogP contribution in [-0.2, 0) is 14.3 Å². The number of rotatable bonds is 6. The van der Waals surface area contributed by atoms with Crippen molar-refractivity contribution < 1.29 is 23.9 Å². The number of imide groups is 1. The quantitative estimate of drug-likeness (QED) is 0.0951. The van der Waals surface area contributed by atoms with Gasteiger partial charge in [-0.3, -0.25) is 19.3 Å². The third-order valence-electron chi connectivity index (χ3n) is 7.50. The molecule has 1 aliphatic carbocycles. The van der Waals surface area contributed by atoms with Gasteiger partial charge in [0, 0.05) is 15.4 Å². The number of halogens is 2. The summed E-state index contributed by atoms with van der Waals surface area (Å²) in [6.45, 7) is 1.42. The van der Waals surface area contributed by atoms with E-state index in [-0.39, 0.29) is 35.0 Å². The lowest BCUT2D eigenvalue weighted by molar-refractivity contribution is -0.122. The van der Waals surface area contributed by atoms with Gasteiger partial charge < -0.3 is 4.74 Å². The molecule has 2 atom stereocenters. The average Bonchev–Trinajstić information content (AvgIpc) is 3.62. The molecule has 0 radical (unpaired) electrons. The molecule has 6 rings (SSSR count). The number of thiophene rings is 1. The minimum absolute atomic E-state index is 0.182. The minimum atomic E-state index is -0.668. The molecule has 2 aromatic heterocycles. The van der Waals surface area contributed by atoms with E-state index in [2.05, 4.69) is 15.9 Å². The summed E-state index contributed by atoms with van der Waals surface area (Å²) in [4.78, 5) is 58.4. The fourth-order valence-corrected chi connectivity index (χ4v) is 6.65. The summed E-state index contributed by atoms with van der Waals surface area (Å²) in [5.41, 5.74) is 3.04. The van der Waals surface area contributed by atoms with E-state index in [0.29, 0.717) is 60.6 Å². The van der Waals surface area contributed by atoms with E-state index in [0.717, 1.165) is 0 Å². The number of esters is 1. The van der Waals surface area contributed by atoms with Crippen LogP contribution in [0.4, 0.5) is 5.69 Å². The van der Waals surface area contributed by atoms with Gasteiger partial charge in [-0.1, -0.05) is 42.0 Å². The highest BCUT2D eigenvalue weighted by Gasteiger charge is 2.47. The molecule has 206 valence electrons. The van der Waals surface area contributed by atoms with Crippen molar-refractivity contribution in [2.75, 3.05) is 11.5 Å². The third-order valence-corrected chi connectivity index (χ3v) is 9.75. The molecule has 4 aromatic rings. The maximum atomic E-state index is 13.3. The first-order valence-electron chi connectivity index (χ1n) is 12.9. The van der Waals surface area contributed by atoms with Gasteiger partial charge in [-0.2, -0.15) is 0 Å². The molecule has 0 bridgehead atoms. The molecule has 0 spiro atoms. The van der Waals surface area contributed by atoms with Gasteiger partial charge in [0.1, 0.15) is 0 Å². The third kappa shape index (κ3) is 4.92. The Kier molecular flexibility index (Phi) is 7.36. The molecule has 41 heavy (non-hydrogen) atoms. The van der Waals surface area contributed by atoms with E-state index in [1.807, 2.05) is 19.1 Å². The van der Waals surface area contributed by atoms with Crippen LogP contribution in [0.3, 0.4) is 0 Å². The van der Waals surface area contributed by atoms with Crippen molar-refractivity contribution in [3.05, 3.63) is 91.6 Å². The van der Waals surface area contributed by atoms with E-state index >= 15 is 0 Å². The second-order valence-corrected chi connectivity index (χ2v) is 12.1. The summed E-state index contributed by atoms with van der Waals surface area (Å²) in [5, 5.41) is 2.77. The molecule has 0 N–H and O–H groups in total. The molecule has 2 aromatic carbocycles. The molecule has 1 fully saturated rings. The first kappa shape index (κ1) is 27.5. The number of nitrogens with zero attached hydrogens (tertiary/aromatic N) is 2. The highest BCUT2D eigenvalue weighted by atomic mass is 79.9. The van der Waals surface area contributed by atoms with Crippen LogP contribution in [0, 0.1) is 18.8 Å². The number of pyridine rings is 1. The minimum Gasteiger partial charge on any atom is -0.454 e. The van der Waals surface area contributed by atoms with E-state index in [1.165, 1.54) is 16.2 Å². The zero-order valence-corrected chi connectivity index (χ0v) is 24.9. The van der Waals surface area contributed by atoms with Gasteiger partial charge in [0.15, 0.2) is 6.61 Å².